The molecule has 1 aromatic rings. The van der Waals surface area contributed by atoms with Crippen LogP contribution in [0, 0.1) is 5.41 Å². The third-order valence-electron chi connectivity index (χ3n) is 2.49. The fraction of sp³-hybridized carbons (Fsp3) is 0.500. The molecule has 0 aliphatic heterocycles. The standard InChI is InChI=1S/C16H23NO3S/c1-5-20-15(19)11-21-13-8-6-12(7-9-13)17-14(18)10-16(2,3)4/h6-9H,5,10-11H2,1-4H3,(H,17,18). The number of carbonyl (C=O) groups excluding carboxylic acids is 2. The molecule has 0 bridgehead atoms. The van der Waals surface area contributed by atoms with Crippen LogP contribution in [0.3, 0.4) is 0 Å². The summed E-state index contributed by atoms with van der Waals surface area (Å²) >= 11 is 1.42. The highest BCUT2D eigenvalue weighted by Gasteiger charge is 2.15. The lowest BCUT2D eigenvalue weighted by molar-refractivity contribution is -0.139. The Morgan fingerprint density at radius 2 is 1.81 bits per heavy atom. The summed E-state index contributed by atoms with van der Waals surface area (Å²) < 4.78 is 4.87. The zero-order valence-electron chi connectivity index (χ0n) is 13.1. The molecule has 0 saturated carbocycles. The van der Waals surface area contributed by atoms with E-state index in [1.807, 2.05) is 45.0 Å². The van der Waals surface area contributed by atoms with Crippen molar-refractivity contribution >= 4 is 29.3 Å². The van der Waals surface area contributed by atoms with Gasteiger partial charge >= 0.3 is 5.97 Å². The molecule has 0 aliphatic rings. The molecule has 1 N–H and O–H groups in total. The number of thioether (sulfide) groups is 1. The number of hydrogen-bond donors (Lipinski definition) is 1. The highest BCUT2D eigenvalue weighted by molar-refractivity contribution is 8.00. The van der Waals surface area contributed by atoms with Crippen molar-refractivity contribution < 1.29 is 14.3 Å². The average Bonchev–Trinajstić information content (AvgIpc) is 2.36. The van der Waals surface area contributed by atoms with Gasteiger partial charge in [0.25, 0.3) is 0 Å². The molecule has 1 amide bonds. The Bertz CT molecular complexity index is 477. The van der Waals surface area contributed by atoms with Crippen LogP contribution in [0.4, 0.5) is 5.69 Å². The summed E-state index contributed by atoms with van der Waals surface area (Å²) in [6.45, 7) is 8.28. The molecule has 0 radical (unpaired) electrons. The summed E-state index contributed by atoms with van der Waals surface area (Å²) in [5.74, 6) is 0.0864. The van der Waals surface area contributed by atoms with Gasteiger partial charge in [0.2, 0.25) is 5.91 Å². The first-order valence-corrected chi connectivity index (χ1v) is 7.97. The van der Waals surface area contributed by atoms with E-state index in [0.717, 1.165) is 10.6 Å². The molecule has 4 nitrogen and oxygen atoms in total. The molecule has 0 heterocycles. The smallest absolute Gasteiger partial charge is 0.316 e. The summed E-state index contributed by atoms with van der Waals surface area (Å²) in [6, 6.07) is 7.45. The second-order valence-corrected chi connectivity index (χ2v) is 6.95. The SMILES string of the molecule is CCOC(=O)CSc1ccc(NC(=O)CC(C)(C)C)cc1. The molecule has 1 aromatic carbocycles. The first kappa shape index (κ1) is 17.6. The Hall–Kier alpha value is -1.49. The Balaban J connectivity index is 2.47. The van der Waals surface area contributed by atoms with Gasteiger partial charge in [0.15, 0.2) is 0 Å². The van der Waals surface area contributed by atoms with E-state index in [2.05, 4.69) is 5.32 Å². The first-order chi connectivity index (χ1) is 9.80. The van der Waals surface area contributed by atoms with Gasteiger partial charge in [0.05, 0.1) is 12.4 Å². The number of rotatable bonds is 6. The molecule has 0 unspecified atom stereocenters. The van der Waals surface area contributed by atoms with Crippen molar-refractivity contribution in [3.8, 4) is 0 Å². The van der Waals surface area contributed by atoms with Crippen molar-refractivity contribution in [1.82, 2.24) is 0 Å². The van der Waals surface area contributed by atoms with Crippen LogP contribution >= 0.6 is 11.8 Å². The van der Waals surface area contributed by atoms with Crippen LogP contribution in [0.2, 0.25) is 0 Å². The van der Waals surface area contributed by atoms with Crippen molar-refractivity contribution in [3.63, 3.8) is 0 Å². The van der Waals surface area contributed by atoms with Crippen molar-refractivity contribution in [2.24, 2.45) is 5.41 Å². The summed E-state index contributed by atoms with van der Waals surface area (Å²) in [5.41, 5.74) is 0.740. The van der Waals surface area contributed by atoms with Gasteiger partial charge in [-0.1, -0.05) is 20.8 Å². The highest BCUT2D eigenvalue weighted by atomic mass is 32.2. The minimum atomic E-state index is -0.218. The Morgan fingerprint density at radius 1 is 1.19 bits per heavy atom. The summed E-state index contributed by atoms with van der Waals surface area (Å²) in [4.78, 5) is 24.1. The van der Waals surface area contributed by atoms with Gasteiger partial charge in [-0.15, -0.1) is 11.8 Å². The Kier molecular flexibility index (Phi) is 6.75. The molecule has 0 fully saturated rings. The Labute approximate surface area is 130 Å². The molecular weight excluding hydrogens is 286 g/mol. The maximum Gasteiger partial charge on any atom is 0.316 e. The molecule has 0 aromatic heterocycles. The van der Waals surface area contributed by atoms with Gasteiger partial charge in [-0.3, -0.25) is 9.59 Å². The second kappa shape index (κ2) is 8.08. The lowest BCUT2D eigenvalue weighted by atomic mass is 9.92. The molecular formula is C16H23NO3S. The van der Waals surface area contributed by atoms with Crippen molar-refractivity contribution in [2.75, 3.05) is 17.7 Å². The monoisotopic (exact) mass is 309 g/mol. The van der Waals surface area contributed by atoms with Crippen LogP contribution in [-0.4, -0.2) is 24.2 Å². The number of carbonyl (C=O) groups is 2. The molecule has 0 spiro atoms. The normalized spacial score (nSPS) is 11.0. The number of amides is 1. The van der Waals surface area contributed by atoms with E-state index < -0.39 is 0 Å². The molecule has 21 heavy (non-hydrogen) atoms. The number of esters is 1. The van der Waals surface area contributed by atoms with Crippen molar-refractivity contribution in [1.29, 1.82) is 0 Å². The van der Waals surface area contributed by atoms with Crippen LogP contribution in [-0.2, 0) is 14.3 Å². The van der Waals surface area contributed by atoms with Crippen LogP contribution < -0.4 is 5.32 Å². The zero-order chi connectivity index (χ0) is 15.9. The number of ether oxygens (including phenoxy) is 1. The quantitative estimate of drug-likeness (QED) is 0.643. The van der Waals surface area contributed by atoms with Crippen molar-refractivity contribution in [3.05, 3.63) is 24.3 Å². The summed E-state index contributed by atoms with van der Waals surface area (Å²) in [6.07, 6.45) is 0.479. The van der Waals surface area contributed by atoms with E-state index in [-0.39, 0.29) is 17.3 Å². The van der Waals surface area contributed by atoms with Crippen LogP contribution in [0.1, 0.15) is 34.1 Å². The maximum absolute atomic E-state index is 11.8. The molecule has 0 aliphatic carbocycles. The lowest BCUT2D eigenvalue weighted by Crippen LogP contribution is -2.19. The zero-order valence-corrected chi connectivity index (χ0v) is 13.9. The summed E-state index contributed by atoms with van der Waals surface area (Å²) in [5, 5.41) is 2.87. The molecule has 116 valence electrons. The first-order valence-electron chi connectivity index (χ1n) is 6.98. The fourth-order valence-corrected chi connectivity index (χ4v) is 2.36. The topological polar surface area (TPSA) is 55.4 Å². The van der Waals surface area contributed by atoms with E-state index in [1.165, 1.54) is 11.8 Å². The molecule has 0 saturated heterocycles. The van der Waals surface area contributed by atoms with E-state index >= 15 is 0 Å². The van der Waals surface area contributed by atoms with Gasteiger partial charge in [0.1, 0.15) is 0 Å². The Morgan fingerprint density at radius 3 is 2.33 bits per heavy atom. The largest absolute Gasteiger partial charge is 0.465 e. The maximum atomic E-state index is 11.8. The van der Waals surface area contributed by atoms with E-state index in [9.17, 15) is 9.59 Å². The summed E-state index contributed by atoms with van der Waals surface area (Å²) in [7, 11) is 0. The molecule has 5 heteroatoms. The van der Waals surface area contributed by atoms with Gasteiger partial charge < -0.3 is 10.1 Å². The van der Waals surface area contributed by atoms with Gasteiger partial charge in [-0.25, -0.2) is 0 Å². The average molecular weight is 309 g/mol. The minimum Gasteiger partial charge on any atom is -0.465 e. The van der Waals surface area contributed by atoms with Gasteiger partial charge in [-0.05, 0) is 36.6 Å². The highest BCUT2D eigenvalue weighted by Crippen LogP contribution is 2.22. The number of benzene rings is 1. The molecule has 1 rings (SSSR count). The predicted octanol–water partition coefficient (Wildman–Crippen LogP) is 3.72. The van der Waals surface area contributed by atoms with Crippen LogP contribution in [0.15, 0.2) is 29.2 Å². The van der Waals surface area contributed by atoms with Crippen LogP contribution in [0.5, 0.6) is 0 Å². The predicted molar refractivity (Wildman–Crippen MR) is 86.5 cm³/mol. The third kappa shape index (κ3) is 7.75. The lowest BCUT2D eigenvalue weighted by Gasteiger charge is -2.17. The second-order valence-electron chi connectivity index (χ2n) is 5.90. The number of nitrogens with one attached hydrogen (secondary N) is 1. The number of anilines is 1. The van der Waals surface area contributed by atoms with Crippen molar-refractivity contribution in [2.45, 2.75) is 39.0 Å². The van der Waals surface area contributed by atoms with E-state index in [0.29, 0.717) is 18.8 Å². The van der Waals surface area contributed by atoms with Crippen LogP contribution in [0.25, 0.3) is 0 Å². The van der Waals surface area contributed by atoms with Gasteiger partial charge in [-0.2, -0.15) is 0 Å². The minimum absolute atomic E-state index is 0.00873. The number of hydrogen-bond acceptors (Lipinski definition) is 4. The van der Waals surface area contributed by atoms with E-state index in [1.54, 1.807) is 6.92 Å². The fourth-order valence-electron chi connectivity index (χ4n) is 1.67. The third-order valence-corrected chi connectivity index (χ3v) is 3.48. The van der Waals surface area contributed by atoms with E-state index in [4.69, 9.17) is 4.74 Å². The molecule has 0 atom stereocenters. The van der Waals surface area contributed by atoms with Gasteiger partial charge in [0, 0.05) is 17.0 Å².